The highest BCUT2D eigenvalue weighted by Gasteiger charge is 2.08. The first-order valence-corrected chi connectivity index (χ1v) is 5.82. The van der Waals surface area contributed by atoms with Crippen molar-refractivity contribution in [3.63, 3.8) is 0 Å². The van der Waals surface area contributed by atoms with Crippen LogP contribution >= 0.6 is 0 Å². The van der Waals surface area contributed by atoms with E-state index in [1.807, 2.05) is 12.1 Å². The molecular weight excluding hydrogens is 248 g/mol. The van der Waals surface area contributed by atoms with E-state index in [-0.39, 0.29) is 18.8 Å². The van der Waals surface area contributed by atoms with Crippen molar-refractivity contribution in [2.45, 2.75) is 13.0 Å². The summed E-state index contributed by atoms with van der Waals surface area (Å²) in [4.78, 5) is 10.7. The van der Waals surface area contributed by atoms with Gasteiger partial charge in [-0.3, -0.25) is 0 Å². The molecule has 5 nitrogen and oxygen atoms in total. The second-order valence-electron chi connectivity index (χ2n) is 4.01. The minimum absolute atomic E-state index is 0.108. The van der Waals surface area contributed by atoms with E-state index in [4.69, 9.17) is 19.4 Å². The molecular formula is C14H14O5. The average Bonchev–Trinajstić information content (AvgIpc) is 2.87. The molecule has 2 N–H and O–H groups in total. The molecule has 0 saturated heterocycles. The van der Waals surface area contributed by atoms with Crippen molar-refractivity contribution in [2.24, 2.45) is 0 Å². The van der Waals surface area contributed by atoms with Gasteiger partial charge in [-0.05, 0) is 30.2 Å². The zero-order valence-electron chi connectivity index (χ0n) is 10.2. The van der Waals surface area contributed by atoms with E-state index >= 15 is 0 Å². The Balaban J connectivity index is 1.92. The van der Waals surface area contributed by atoms with Gasteiger partial charge in [-0.2, -0.15) is 0 Å². The number of benzene rings is 1. The normalized spacial score (nSPS) is 10.4. The summed E-state index contributed by atoms with van der Waals surface area (Å²) in [6, 6.07) is 8.77. The lowest BCUT2D eigenvalue weighted by Gasteiger charge is -2.05. The summed E-state index contributed by atoms with van der Waals surface area (Å²) < 4.78 is 10.5. The molecule has 0 saturated carbocycles. The molecule has 0 amide bonds. The number of hydrogen-bond acceptors (Lipinski definition) is 4. The largest absolute Gasteiger partial charge is 0.486 e. The molecule has 0 bridgehead atoms. The quantitative estimate of drug-likeness (QED) is 0.833. The van der Waals surface area contributed by atoms with Crippen LogP contribution in [0.1, 0.15) is 21.7 Å². The fraction of sp³-hybridized carbons (Fsp3) is 0.214. The average molecular weight is 262 g/mol. The van der Waals surface area contributed by atoms with Crippen LogP contribution in [0.2, 0.25) is 0 Å². The maximum absolute atomic E-state index is 10.7. The van der Waals surface area contributed by atoms with Crippen LogP contribution in [0, 0.1) is 0 Å². The molecule has 2 rings (SSSR count). The van der Waals surface area contributed by atoms with Crippen molar-refractivity contribution in [3.05, 3.63) is 53.5 Å². The zero-order chi connectivity index (χ0) is 13.7. The summed E-state index contributed by atoms with van der Waals surface area (Å²) in [5, 5.41) is 17.5. The molecule has 1 aromatic carbocycles. The van der Waals surface area contributed by atoms with Crippen LogP contribution in [-0.2, 0) is 13.0 Å². The monoisotopic (exact) mass is 262 g/mol. The van der Waals surface area contributed by atoms with Gasteiger partial charge in [0.1, 0.15) is 24.4 Å². The first-order chi connectivity index (χ1) is 9.19. The van der Waals surface area contributed by atoms with Crippen molar-refractivity contribution >= 4 is 5.97 Å². The molecule has 0 unspecified atom stereocenters. The van der Waals surface area contributed by atoms with E-state index in [9.17, 15) is 4.79 Å². The number of furan rings is 1. The van der Waals surface area contributed by atoms with Crippen LogP contribution in [0.3, 0.4) is 0 Å². The molecule has 5 heteroatoms. The third-order valence-corrected chi connectivity index (χ3v) is 2.61. The lowest BCUT2D eigenvalue weighted by Crippen LogP contribution is -1.96. The summed E-state index contributed by atoms with van der Waals surface area (Å²) in [5.41, 5.74) is 1.14. The standard InChI is InChI=1S/C14H14O5/c15-6-5-10-1-3-12(4-2-10)19-9-13-7-11(8-18-13)14(16)17/h1-4,7-8,15H,5-6,9H2,(H,16,17). The van der Waals surface area contributed by atoms with Gasteiger partial charge in [-0.1, -0.05) is 12.1 Å². The Labute approximate surface area is 110 Å². The highest BCUT2D eigenvalue weighted by atomic mass is 16.5. The van der Waals surface area contributed by atoms with E-state index in [1.54, 1.807) is 12.1 Å². The highest BCUT2D eigenvalue weighted by molar-refractivity contribution is 5.87. The van der Waals surface area contributed by atoms with Crippen LogP contribution in [0.5, 0.6) is 5.75 Å². The van der Waals surface area contributed by atoms with Gasteiger partial charge in [-0.25, -0.2) is 4.79 Å². The number of aliphatic hydroxyl groups is 1. The minimum atomic E-state index is -1.02. The molecule has 1 aromatic heterocycles. The summed E-state index contributed by atoms with van der Waals surface area (Å²) in [7, 11) is 0. The lowest BCUT2D eigenvalue weighted by atomic mass is 10.1. The summed E-state index contributed by atoms with van der Waals surface area (Å²) in [5.74, 6) is 0.0927. The first-order valence-electron chi connectivity index (χ1n) is 5.82. The number of hydrogen-bond donors (Lipinski definition) is 2. The van der Waals surface area contributed by atoms with Gasteiger partial charge in [0.2, 0.25) is 0 Å². The smallest absolute Gasteiger partial charge is 0.338 e. The predicted molar refractivity (Wildman–Crippen MR) is 67.2 cm³/mol. The Morgan fingerprint density at radius 1 is 1.26 bits per heavy atom. The molecule has 0 radical (unpaired) electrons. The van der Waals surface area contributed by atoms with Crippen LogP contribution in [0.4, 0.5) is 0 Å². The van der Waals surface area contributed by atoms with Crippen LogP contribution < -0.4 is 4.74 Å². The van der Waals surface area contributed by atoms with Gasteiger partial charge in [0, 0.05) is 6.61 Å². The van der Waals surface area contributed by atoms with Crippen molar-refractivity contribution < 1.29 is 24.2 Å². The Hall–Kier alpha value is -2.27. The molecule has 100 valence electrons. The van der Waals surface area contributed by atoms with E-state index in [0.717, 1.165) is 5.56 Å². The van der Waals surface area contributed by atoms with Crippen LogP contribution in [0.15, 0.2) is 41.0 Å². The van der Waals surface area contributed by atoms with Gasteiger partial charge in [0.15, 0.2) is 0 Å². The summed E-state index contributed by atoms with van der Waals surface area (Å²) in [6.45, 7) is 0.289. The van der Waals surface area contributed by atoms with Gasteiger partial charge in [0.05, 0.1) is 5.56 Å². The van der Waals surface area contributed by atoms with Crippen molar-refractivity contribution in [2.75, 3.05) is 6.61 Å². The van der Waals surface area contributed by atoms with Crippen LogP contribution in [-0.4, -0.2) is 22.8 Å². The topological polar surface area (TPSA) is 79.9 Å². The Bertz CT molecular complexity index is 541. The highest BCUT2D eigenvalue weighted by Crippen LogP contribution is 2.15. The third kappa shape index (κ3) is 3.59. The fourth-order valence-corrected chi connectivity index (χ4v) is 1.60. The summed E-state index contributed by atoms with van der Waals surface area (Å²) >= 11 is 0. The number of aliphatic hydroxyl groups excluding tert-OH is 1. The van der Waals surface area contributed by atoms with Crippen molar-refractivity contribution in [1.82, 2.24) is 0 Å². The van der Waals surface area contributed by atoms with E-state index in [1.165, 1.54) is 12.3 Å². The SMILES string of the molecule is O=C(O)c1coc(COc2ccc(CCO)cc2)c1. The molecule has 0 fully saturated rings. The maximum Gasteiger partial charge on any atom is 0.338 e. The molecule has 19 heavy (non-hydrogen) atoms. The second-order valence-corrected chi connectivity index (χ2v) is 4.01. The lowest BCUT2D eigenvalue weighted by molar-refractivity contribution is 0.0696. The predicted octanol–water partition coefficient (Wildman–Crippen LogP) is 2.09. The Morgan fingerprint density at radius 2 is 2.00 bits per heavy atom. The molecule has 2 aromatic rings. The van der Waals surface area contributed by atoms with Gasteiger partial charge < -0.3 is 19.4 Å². The van der Waals surface area contributed by atoms with E-state index in [2.05, 4.69) is 0 Å². The van der Waals surface area contributed by atoms with Gasteiger partial charge >= 0.3 is 5.97 Å². The zero-order valence-corrected chi connectivity index (χ0v) is 10.2. The number of rotatable bonds is 6. The van der Waals surface area contributed by atoms with Crippen molar-refractivity contribution in [1.29, 1.82) is 0 Å². The van der Waals surface area contributed by atoms with Crippen molar-refractivity contribution in [3.8, 4) is 5.75 Å². The number of carboxylic acid groups (broad SMARTS) is 1. The van der Waals surface area contributed by atoms with Gasteiger partial charge in [0.25, 0.3) is 0 Å². The first kappa shape index (κ1) is 13.2. The number of aromatic carboxylic acids is 1. The molecule has 0 spiro atoms. The second kappa shape index (κ2) is 6.06. The van der Waals surface area contributed by atoms with Gasteiger partial charge in [-0.15, -0.1) is 0 Å². The van der Waals surface area contributed by atoms with Crippen LogP contribution in [0.25, 0.3) is 0 Å². The number of carboxylic acids is 1. The molecule has 0 atom stereocenters. The Morgan fingerprint density at radius 3 is 2.58 bits per heavy atom. The summed E-state index contributed by atoms with van der Waals surface area (Å²) in [6.07, 6.45) is 1.80. The van der Waals surface area contributed by atoms with E-state index in [0.29, 0.717) is 17.9 Å². The third-order valence-electron chi connectivity index (χ3n) is 2.61. The molecule has 0 aliphatic heterocycles. The Kier molecular flexibility index (Phi) is 4.20. The number of carbonyl (C=O) groups is 1. The molecule has 0 aliphatic carbocycles. The number of ether oxygens (including phenoxy) is 1. The molecule has 0 aliphatic rings. The maximum atomic E-state index is 10.7. The molecule has 1 heterocycles. The minimum Gasteiger partial charge on any atom is -0.486 e. The fourth-order valence-electron chi connectivity index (χ4n) is 1.60. The van der Waals surface area contributed by atoms with E-state index < -0.39 is 5.97 Å².